The lowest BCUT2D eigenvalue weighted by molar-refractivity contribution is 0.0953. The van der Waals surface area contributed by atoms with Crippen LogP contribution in [0.15, 0.2) is 48.5 Å². The van der Waals surface area contributed by atoms with E-state index in [4.69, 9.17) is 4.74 Å². The molecule has 3 nitrogen and oxygen atoms in total. The lowest BCUT2D eigenvalue weighted by atomic mass is 10.1. The van der Waals surface area contributed by atoms with Crippen molar-refractivity contribution in [1.29, 1.82) is 0 Å². The van der Waals surface area contributed by atoms with Gasteiger partial charge in [0.15, 0.2) is 0 Å². The molecule has 0 aromatic heterocycles. The Labute approximate surface area is 138 Å². The van der Waals surface area contributed by atoms with E-state index < -0.39 is 0 Å². The number of benzene rings is 2. The Morgan fingerprint density at radius 3 is 2.57 bits per heavy atom. The van der Waals surface area contributed by atoms with Gasteiger partial charge in [-0.2, -0.15) is 0 Å². The molecule has 3 heteroatoms. The number of carbonyl (C=O) groups is 1. The Bertz CT molecular complexity index is 632. The number of hydrogen-bond acceptors (Lipinski definition) is 2. The van der Waals surface area contributed by atoms with Gasteiger partial charge in [0, 0.05) is 12.1 Å². The van der Waals surface area contributed by atoms with E-state index in [1.165, 1.54) is 5.56 Å². The molecule has 23 heavy (non-hydrogen) atoms. The van der Waals surface area contributed by atoms with Crippen molar-refractivity contribution < 1.29 is 9.53 Å². The van der Waals surface area contributed by atoms with Crippen molar-refractivity contribution in [3.05, 3.63) is 65.2 Å². The summed E-state index contributed by atoms with van der Waals surface area (Å²) in [6.07, 6.45) is 2.01. The number of aryl methyl sites for hydroxylation is 2. The lowest BCUT2D eigenvalue weighted by Gasteiger charge is -2.11. The number of hydrogen-bond donors (Lipinski definition) is 1. The van der Waals surface area contributed by atoms with Crippen LogP contribution in [-0.2, 0) is 6.42 Å². The molecule has 0 spiro atoms. The molecule has 0 atom stereocenters. The van der Waals surface area contributed by atoms with Crippen molar-refractivity contribution in [3.63, 3.8) is 0 Å². The van der Waals surface area contributed by atoms with E-state index in [1.54, 1.807) is 0 Å². The molecule has 0 aliphatic heterocycles. The normalized spacial score (nSPS) is 10.6. The first-order valence-electron chi connectivity index (χ1n) is 8.15. The van der Waals surface area contributed by atoms with Crippen LogP contribution in [0.4, 0.5) is 0 Å². The zero-order valence-corrected chi connectivity index (χ0v) is 14.1. The highest BCUT2D eigenvalue weighted by molar-refractivity contribution is 5.94. The maximum atomic E-state index is 12.0. The summed E-state index contributed by atoms with van der Waals surface area (Å²) in [6, 6.07) is 15.8. The summed E-state index contributed by atoms with van der Waals surface area (Å²) < 4.78 is 5.70. The maximum absolute atomic E-state index is 12.0. The summed E-state index contributed by atoms with van der Waals surface area (Å²) in [5.74, 6) is 0.892. The van der Waals surface area contributed by atoms with Crippen LogP contribution >= 0.6 is 0 Å². The molecule has 122 valence electrons. The molecular formula is C20H25NO2. The summed E-state index contributed by atoms with van der Waals surface area (Å²) in [5, 5.41) is 2.97. The Kier molecular flexibility index (Phi) is 6.21. The molecule has 0 fully saturated rings. The van der Waals surface area contributed by atoms with E-state index in [2.05, 4.69) is 17.4 Å². The van der Waals surface area contributed by atoms with E-state index in [1.807, 2.05) is 57.2 Å². The van der Waals surface area contributed by atoms with Crippen molar-refractivity contribution in [1.82, 2.24) is 5.32 Å². The number of amides is 1. The number of carbonyl (C=O) groups excluding carboxylic acids is 1. The Morgan fingerprint density at radius 2 is 1.87 bits per heavy atom. The van der Waals surface area contributed by atoms with E-state index >= 15 is 0 Å². The molecule has 2 rings (SSSR count). The summed E-state index contributed by atoms with van der Waals surface area (Å²) in [6.45, 7) is 6.72. The quantitative estimate of drug-likeness (QED) is 0.780. The van der Waals surface area contributed by atoms with Gasteiger partial charge in [-0.15, -0.1) is 0 Å². The van der Waals surface area contributed by atoms with Crippen molar-refractivity contribution >= 4 is 5.91 Å². The fraction of sp³-hybridized carbons (Fsp3) is 0.350. The van der Waals surface area contributed by atoms with Gasteiger partial charge < -0.3 is 10.1 Å². The molecular weight excluding hydrogens is 286 g/mol. The van der Waals surface area contributed by atoms with Gasteiger partial charge in [-0.25, -0.2) is 0 Å². The van der Waals surface area contributed by atoms with Gasteiger partial charge in [0.05, 0.1) is 6.10 Å². The van der Waals surface area contributed by atoms with Gasteiger partial charge >= 0.3 is 0 Å². The summed E-state index contributed by atoms with van der Waals surface area (Å²) in [4.78, 5) is 12.0. The lowest BCUT2D eigenvalue weighted by Crippen LogP contribution is -2.24. The molecule has 1 amide bonds. The largest absolute Gasteiger partial charge is 0.491 e. The second-order valence-corrected chi connectivity index (χ2v) is 6.04. The van der Waals surface area contributed by atoms with E-state index in [-0.39, 0.29) is 12.0 Å². The second kappa shape index (κ2) is 8.37. The van der Waals surface area contributed by atoms with Crippen molar-refractivity contribution in [3.8, 4) is 5.75 Å². The Balaban J connectivity index is 1.77. The summed E-state index contributed by atoms with van der Waals surface area (Å²) >= 11 is 0. The van der Waals surface area contributed by atoms with E-state index in [0.29, 0.717) is 12.1 Å². The minimum Gasteiger partial charge on any atom is -0.491 e. The monoisotopic (exact) mass is 311 g/mol. The summed E-state index contributed by atoms with van der Waals surface area (Å²) in [7, 11) is 0. The minimum absolute atomic E-state index is 0.0121. The fourth-order valence-electron chi connectivity index (χ4n) is 2.35. The Hall–Kier alpha value is -2.29. The minimum atomic E-state index is -0.0121. The average molecular weight is 311 g/mol. The molecule has 0 aliphatic carbocycles. The smallest absolute Gasteiger partial charge is 0.251 e. The average Bonchev–Trinajstić information content (AvgIpc) is 2.52. The fourth-order valence-corrected chi connectivity index (χ4v) is 2.35. The van der Waals surface area contributed by atoms with Crippen molar-refractivity contribution in [2.24, 2.45) is 0 Å². The van der Waals surface area contributed by atoms with Gasteiger partial charge in [0.1, 0.15) is 5.75 Å². The molecule has 0 heterocycles. The van der Waals surface area contributed by atoms with Gasteiger partial charge in [-0.05, 0) is 63.4 Å². The molecule has 0 radical (unpaired) electrons. The van der Waals surface area contributed by atoms with Crippen LogP contribution in [0.1, 0.15) is 41.8 Å². The number of ether oxygens (including phenoxy) is 1. The predicted molar refractivity (Wildman–Crippen MR) is 94.0 cm³/mol. The SMILES string of the molecule is Cc1ccc(C(=O)NCCCc2cccc(OC(C)C)c2)cc1. The first-order chi connectivity index (χ1) is 11.0. The standard InChI is InChI=1S/C20H25NO2/c1-15(2)23-19-8-4-6-17(14-19)7-5-13-21-20(22)18-11-9-16(3)10-12-18/h4,6,8-12,14-15H,5,7,13H2,1-3H3,(H,21,22). The van der Waals surface area contributed by atoms with Crippen molar-refractivity contribution in [2.75, 3.05) is 6.54 Å². The number of nitrogens with one attached hydrogen (secondary N) is 1. The molecule has 2 aromatic rings. The van der Waals surface area contributed by atoms with Crippen LogP contribution in [0, 0.1) is 6.92 Å². The van der Waals surface area contributed by atoms with Crippen LogP contribution in [0.25, 0.3) is 0 Å². The Morgan fingerprint density at radius 1 is 1.13 bits per heavy atom. The molecule has 0 unspecified atom stereocenters. The van der Waals surface area contributed by atoms with Gasteiger partial charge in [0.25, 0.3) is 5.91 Å². The highest BCUT2D eigenvalue weighted by Crippen LogP contribution is 2.16. The highest BCUT2D eigenvalue weighted by atomic mass is 16.5. The summed E-state index contributed by atoms with van der Waals surface area (Å²) in [5.41, 5.74) is 3.10. The molecule has 0 bridgehead atoms. The van der Waals surface area contributed by atoms with Crippen LogP contribution < -0.4 is 10.1 Å². The van der Waals surface area contributed by atoms with Gasteiger partial charge in [0.2, 0.25) is 0 Å². The molecule has 0 aliphatic rings. The molecule has 0 saturated heterocycles. The molecule has 0 saturated carbocycles. The number of rotatable bonds is 7. The van der Waals surface area contributed by atoms with Crippen LogP contribution in [0.5, 0.6) is 5.75 Å². The molecule has 1 N–H and O–H groups in total. The van der Waals surface area contributed by atoms with Crippen LogP contribution in [0.3, 0.4) is 0 Å². The van der Waals surface area contributed by atoms with Crippen LogP contribution in [-0.4, -0.2) is 18.6 Å². The van der Waals surface area contributed by atoms with Gasteiger partial charge in [-0.1, -0.05) is 29.8 Å². The topological polar surface area (TPSA) is 38.3 Å². The second-order valence-electron chi connectivity index (χ2n) is 6.04. The third-order valence-electron chi connectivity index (χ3n) is 3.51. The predicted octanol–water partition coefficient (Wildman–Crippen LogP) is 4.14. The van der Waals surface area contributed by atoms with Gasteiger partial charge in [-0.3, -0.25) is 4.79 Å². The van der Waals surface area contributed by atoms with E-state index in [9.17, 15) is 4.79 Å². The first kappa shape index (κ1) is 17.1. The third-order valence-corrected chi connectivity index (χ3v) is 3.51. The maximum Gasteiger partial charge on any atom is 0.251 e. The highest BCUT2D eigenvalue weighted by Gasteiger charge is 2.04. The van der Waals surface area contributed by atoms with E-state index in [0.717, 1.165) is 24.2 Å². The van der Waals surface area contributed by atoms with Crippen LogP contribution in [0.2, 0.25) is 0 Å². The third kappa shape index (κ3) is 5.78. The first-order valence-corrected chi connectivity index (χ1v) is 8.15. The zero-order chi connectivity index (χ0) is 16.7. The zero-order valence-electron chi connectivity index (χ0n) is 14.1. The van der Waals surface area contributed by atoms with Crippen molar-refractivity contribution in [2.45, 2.75) is 39.7 Å². The molecule has 2 aromatic carbocycles.